The molecule has 1 aliphatic rings. The highest BCUT2D eigenvalue weighted by Gasteiger charge is 2.31. The smallest absolute Gasteiger partial charge is 0.317 e. The number of nitrogens with zero attached hydrogens (tertiary/aromatic N) is 1. The lowest BCUT2D eigenvalue weighted by molar-refractivity contribution is -0.142. The predicted octanol–water partition coefficient (Wildman–Crippen LogP) is 2.71. The van der Waals surface area contributed by atoms with Crippen molar-refractivity contribution >= 4 is 12.0 Å². The minimum absolute atomic E-state index is 0.129. The zero-order valence-corrected chi connectivity index (χ0v) is 13.1. The molecule has 0 aromatic carbocycles. The molecule has 1 aliphatic carbocycles. The molecule has 0 spiro atoms. The van der Waals surface area contributed by atoms with Crippen LogP contribution >= 0.6 is 0 Å². The molecule has 1 rings (SSSR count). The van der Waals surface area contributed by atoms with Crippen LogP contribution in [0.3, 0.4) is 0 Å². The van der Waals surface area contributed by atoms with Crippen LogP contribution in [0.25, 0.3) is 0 Å². The van der Waals surface area contributed by atoms with Gasteiger partial charge in [-0.05, 0) is 25.7 Å². The Morgan fingerprint density at radius 2 is 1.75 bits per heavy atom. The molecule has 0 aromatic heterocycles. The van der Waals surface area contributed by atoms with Crippen LogP contribution in [0.1, 0.15) is 52.9 Å². The van der Waals surface area contributed by atoms with Gasteiger partial charge in [-0.2, -0.15) is 0 Å². The summed E-state index contributed by atoms with van der Waals surface area (Å²) < 4.78 is 0. The maximum absolute atomic E-state index is 12.3. The van der Waals surface area contributed by atoms with Crippen LogP contribution in [-0.4, -0.2) is 41.1 Å². The Hall–Kier alpha value is -1.26. The molecule has 0 saturated heterocycles. The largest absolute Gasteiger partial charge is 0.481 e. The first kappa shape index (κ1) is 16.8. The number of carbonyl (C=O) groups is 2. The Morgan fingerprint density at radius 1 is 1.15 bits per heavy atom. The standard InChI is InChI=1S/C15H28N2O3/c1-10(2)11(3)17(4)15(20)16-13-9-7-5-6-8-12(13)14(18)19/h10-13H,5-9H2,1-4H3,(H,16,20)(H,18,19). The quantitative estimate of drug-likeness (QED) is 0.780. The minimum Gasteiger partial charge on any atom is -0.481 e. The second kappa shape index (κ2) is 7.50. The van der Waals surface area contributed by atoms with Crippen LogP contribution in [0.4, 0.5) is 4.79 Å². The molecule has 1 fully saturated rings. The zero-order valence-electron chi connectivity index (χ0n) is 13.1. The number of carboxylic acids is 1. The molecule has 0 aromatic rings. The molecule has 116 valence electrons. The van der Waals surface area contributed by atoms with E-state index in [2.05, 4.69) is 19.2 Å². The normalized spacial score (nSPS) is 24.9. The summed E-state index contributed by atoms with van der Waals surface area (Å²) in [6.07, 6.45) is 4.38. The molecule has 2 amide bonds. The van der Waals surface area contributed by atoms with Crippen molar-refractivity contribution in [3.63, 3.8) is 0 Å². The molecule has 3 atom stereocenters. The van der Waals surface area contributed by atoms with E-state index >= 15 is 0 Å². The van der Waals surface area contributed by atoms with Crippen molar-refractivity contribution in [1.82, 2.24) is 10.2 Å². The summed E-state index contributed by atoms with van der Waals surface area (Å²) in [7, 11) is 1.77. The van der Waals surface area contributed by atoms with Gasteiger partial charge in [0.1, 0.15) is 0 Å². The Labute approximate surface area is 121 Å². The van der Waals surface area contributed by atoms with E-state index in [1.165, 1.54) is 0 Å². The fourth-order valence-electron chi connectivity index (χ4n) is 2.67. The fraction of sp³-hybridized carbons (Fsp3) is 0.867. The third-order valence-corrected chi connectivity index (χ3v) is 4.54. The van der Waals surface area contributed by atoms with E-state index in [1.807, 2.05) is 6.92 Å². The van der Waals surface area contributed by atoms with Gasteiger partial charge in [-0.1, -0.05) is 33.1 Å². The van der Waals surface area contributed by atoms with Crippen LogP contribution in [0.15, 0.2) is 0 Å². The topological polar surface area (TPSA) is 69.6 Å². The molecule has 3 unspecified atom stereocenters. The zero-order chi connectivity index (χ0) is 15.3. The second-order valence-electron chi connectivity index (χ2n) is 6.23. The highest BCUT2D eigenvalue weighted by atomic mass is 16.4. The fourth-order valence-corrected chi connectivity index (χ4v) is 2.67. The van der Waals surface area contributed by atoms with Gasteiger partial charge in [0.25, 0.3) is 0 Å². The molecule has 5 heteroatoms. The van der Waals surface area contributed by atoms with Crippen LogP contribution in [0.2, 0.25) is 0 Å². The molecule has 0 radical (unpaired) electrons. The third-order valence-electron chi connectivity index (χ3n) is 4.54. The lowest BCUT2D eigenvalue weighted by Gasteiger charge is -2.31. The lowest BCUT2D eigenvalue weighted by Crippen LogP contribution is -2.50. The van der Waals surface area contributed by atoms with E-state index in [4.69, 9.17) is 0 Å². The highest BCUT2D eigenvalue weighted by Crippen LogP contribution is 2.24. The van der Waals surface area contributed by atoms with Crippen molar-refractivity contribution < 1.29 is 14.7 Å². The summed E-state index contributed by atoms with van der Waals surface area (Å²) in [5.41, 5.74) is 0. The Bertz CT molecular complexity index is 344. The number of carbonyl (C=O) groups excluding carboxylic acids is 1. The predicted molar refractivity (Wildman–Crippen MR) is 78.6 cm³/mol. The molecular weight excluding hydrogens is 256 g/mol. The van der Waals surface area contributed by atoms with Gasteiger partial charge in [0, 0.05) is 19.1 Å². The molecule has 0 bridgehead atoms. The van der Waals surface area contributed by atoms with E-state index in [0.717, 1.165) is 25.7 Å². The van der Waals surface area contributed by atoms with Crippen LogP contribution in [0, 0.1) is 11.8 Å². The molecular formula is C15H28N2O3. The maximum atomic E-state index is 12.3. The first-order valence-electron chi connectivity index (χ1n) is 7.60. The van der Waals surface area contributed by atoms with Crippen molar-refractivity contribution in [2.45, 2.75) is 65.0 Å². The average molecular weight is 284 g/mol. The van der Waals surface area contributed by atoms with E-state index in [9.17, 15) is 14.7 Å². The SMILES string of the molecule is CC(C)C(C)N(C)C(=O)NC1CCCCCC1C(=O)O. The molecule has 1 saturated carbocycles. The number of urea groups is 1. The summed E-state index contributed by atoms with van der Waals surface area (Å²) in [5, 5.41) is 12.2. The number of rotatable bonds is 4. The summed E-state index contributed by atoms with van der Waals surface area (Å²) in [6.45, 7) is 6.15. The van der Waals surface area contributed by atoms with Gasteiger partial charge in [-0.3, -0.25) is 4.79 Å². The lowest BCUT2D eigenvalue weighted by atomic mass is 9.95. The minimum atomic E-state index is -0.795. The van der Waals surface area contributed by atoms with E-state index in [-0.39, 0.29) is 18.1 Å². The van der Waals surface area contributed by atoms with Crippen molar-refractivity contribution in [1.29, 1.82) is 0 Å². The highest BCUT2D eigenvalue weighted by molar-refractivity contribution is 5.77. The maximum Gasteiger partial charge on any atom is 0.317 e. The monoisotopic (exact) mass is 284 g/mol. The van der Waals surface area contributed by atoms with Crippen LogP contribution in [0.5, 0.6) is 0 Å². The molecule has 20 heavy (non-hydrogen) atoms. The second-order valence-corrected chi connectivity index (χ2v) is 6.23. The summed E-state index contributed by atoms with van der Waals surface area (Å²) in [6, 6.07) is -0.280. The average Bonchev–Trinajstić information content (AvgIpc) is 2.62. The van der Waals surface area contributed by atoms with Crippen molar-refractivity contribution in [3.05, 3.63) is 0 Å². The van der Waals surface area contributed by atoms with Crippen LogP contribution in [-0.2, 0) is 4.79 Å². The first-order valence-corrected chi connectivity index (χ1v) is 7.60. The van der Waals surface area contributed by atoms with Gasteiger partial charge in [0.05, 0.1) is 5.92 Å². The Morgan fingerprint density at radius 3 is 2.30 bits per heavy atom. The summed E-state index contributed by atoms with van der Waals surface area (Å²) >= 11 is 0. The van der Waals surface area contributed by atoms with Crippen LogP contribution < -0.4 is 5.32 Å². The first-order chi connectivity index (χ1) is 9.34. The van der Waals surface area contributed by atoms with Crippen molar-refractivity contribution in [3.8, 4) is 0 Å². The van der Waals surface area contributed by atoms with Gasteiger partial charge in [-0.15, -0.1) is 0 Å². The van der Waals surface area contributed by atoms with Gasteiger partial charge in [0.15, 0.2) is 0 Å². The molecule has 5 nitrogen and oxygen atoms in total. The summed E-state index contributed by atoms with van der Waals surface area (Å²) in [4.78, 5) is 25.3. The Balaban J connectivity index is 2.68. The molecule has 2 N–H and O–H groups in total. The van der Waals surface area contributed by atoms with E-state index < -0.39 is 11.9 Å². The summed E-state index contributed by atoms with van der Waals surface area (Å²) in [5.74, 6) is -0.879. The number of amides is 2. The van der Waals surface area contributed by atoms with E-state index in [1.54, 1.807) is 11.9 Å². The number of carboxylic acid groups (broad SMARTS) is 1. The van der Waals surface area contributed by atoms with Crippen molar-refractivity contribution in [2.24, 2.45) is 11.8 Å². The van der Waals surface area contributed by atoms with Gasteiger partial charge in [0.2, 0.25) is 0 Å². The number of aliphatic carboxylic acids is 1. The number of nitrogens with one attached hydrogen (secondary N) is 1. The van der Waals surface area contributed by atoms with Gasteiger partial charge >= 0.3 is 12.0 Å². The molecule has 0 heterocycles. The van der Waals surface area contributed by atoms with E-state index in [0.29, 0.717) is 12.3 Å². The molecule has 0 aliphatic heterocycles. The van der Waals surface area contributed by atoms with Crippen molar-refractivity contribution in [2.75, 3.05) is 7.05 Å². The third kappa shape index (κ3) is 4.39. The Kier molecular flexibility index (Phi) is 6.30. The number of hydrogen-bond donors (Lipinski definition) is 2. The van der Waals surface area contributed by atoms with Gasteiger partial charge < -0.3 is 15.3 Å². The number of hydrogen-bond acceptors (Lipinski definition) is 2. The van der Waals surface area contributed by atoms with Gasteiger partial charge in [-0.25, -0.2) is 4.79 Å².